The van der Waals surface area contributed by atoms with Crippen molar-refractivity contribution in [2.24, 2.45) is 5.92 Å². The van der Waals surface area contributed by atoms with E-state index in [1.54, 1.807) is 29.6 Å². The molecule has 4 aromatic heterocycles. The van der Waals surface area contributed by atoms with E-state index in [2.05, 4.69) is 37.0 Å². The van der Waals surface area contributed by atoms with Crippen LogP contribution in [0.3, 0.4) is 0 Å². The highest BCUT2D eigenvalue weighted by molar-refractivity contribution is 5.88. The molecule has 0 radical (unpaired) electrons. The van der Waals surface area contributed by atoms with Crippen LogP contribution in [0.1, 0.15) is 24.5 Å². The Labute approximate surface area is 168 Å². The molecule has 0 bridgehead atoms. The van der Waals surface area contributed by atoms with Gasteiger partial charge in [0, 0.05) is 29.7 Å². The van der Waals surface area contributed by atoms with Crippen LogP contribution in [0, 0.1) is 5.92 Å². The van der Waals surface area contributed by atoms with Crippen molar-refractivity contribution in [1.29, 1.82) is 0 Å². The summed E-state index contributed by atoms with van der Waals surface area (Å²) >= 11 is 0. The number of aliphatic hydroxyl groups is 1. The first-order valence-corrected chi connectivity index (χ1v) is 9.85. The number of piperidine rings is 1. The Hall–Kier alpha value is -3.10. The Balaban J connectivity index is 1.36. The first kappa shape index (κ1) is 18.0. The molecule has 8 heteroatoms. The predicted octanol–water partition coefficient (Wildman–Crippen LogP) is 2.58. The molecule has 1 unspecified atom stereocenters. The van der Waals surface area contributed by atoms with Crippen LogP contribution in [0.5, 0.6) is 0 Å². The molecule has 1 atom stereocenters. The number of imidazole rings is 1. The SMILES string of the molecule is CN1CCC(C(O)c2ccc(-n3cc(-c4ccnc5[nH]cnc45)cn3)nc2)CC1. The third kappa shape index (κ3) is 3.41. The van der Waals surface area contributed by atoms with Gasteiger partial charge in [-0.15, -0.1) is 0 Å². The number of hydrogen-bond acceptors (Lipinski definition) is 6. The lowest BCUT2D eigenvalue weighted by molar-refractivity contribution is 0.0655. The van der Waals surface area contributed by atoms with Crippen molar-refractivity contribution in [3.8, 4) is 16.9 Å². The van der Waals surface area contributed by atoms with Gasteiger partial charge in [0.25, 0.3) is 0 Å². The van der Waals surface area contributed by atoms with Gasteiger partial charge in [-0.2, -0.15) is 5.10 Å². The van der Waals surface area contributed by atoms with Crippen molar-refractivity contribution < 1.29 is 5.11 Å². The van der Waals surface area contributed by atoms with Gasteiger partial charge in [-0.3, -0.25) is 0 Å². The molecule has 1 aliphatic heterocycles. The van der Waals surface area contributed by atoms with E-state index in [0.717, 1.165) is 53.8 Å². The van der Waals surface area contributed by atoms with Gasteiger partial charge in [0.05, 0.1) is 18.6 Å². The Bertz CT molecular complexity index is 1110. The van der Waals surface area contributed by atoms with Gasteiger partial charge in [0.1, 0.15) is 5.52 Å². The second kappa shape index (κ2) is 7.38. The van der Waals surface area contributed by atoms with Crippen molar-refractivity contribution >= 4 is 11.2 Å². The molecular formula is C21H23N7O. The second-order valence-electron chi connectivity index (χ2n) is 7.67. The molecule has 0 aromatic carbocycles. The normalized spacial score (nSPS) is 17.0. The third-order valence-corrected chi connectivity index (χ3v) is 5.77. The molecule has 0 saturated carbocycles. The van der Waals surface area contributed by atoms with E-state index in [1.165, 1.54) is 0 Å². The molecular weight excluding hydrogens is 366 g/mol. The van der Waals surface area contributed by atoms with Gasteiger partial charge < -0.3 is 15.0 Å². The fourth-order valence-corrected chi connectivity index (χ4v) is 3.99. The predicted molar refractivity (Wildman–Crippen MR) is 109 cm³/mol. The summed E-state index contributed by atoms with van der Waals surface area (Å²) in [4.78, 5) is 18.5. The van der Waals surface area contributed by atoms with Gasteiger partial charge in [-0.05, 0) is 56.6 Å². The average Bonchev–Trinajstić information content (AvgIpc) is 3.43. The molecule has 0 spiro atoms. The minimum absolute atomic E-state index is 0.290. The van der Waals surface area contributed by atoms with Crippen LogP contribution >= 0.6 is 0 Å². The number of rotatable bonds is 4. The number of fused-ring (bicyclic) bond motifs is 1. The number of aromatic nitrogens is 6. The van der Waals surface area contributed by atoms with Crippen LogP contribution in [0.2, 0.25) is 0 Å². The Morgan fingerprint density at radius 1 is 1.10 bits per heavy atom. The fraction of sp³-hybridized carbons (Fsp3) is 0.333. The Kier molecular flexibility index (Phi) is 4.57. The topological polar surface area (TPSA) is 95.8 Å². The number of aliphatic hydroxyl groups excluding tert-OH is 1. The lowest BCUT2D eigenvalue weighted by atomic mass is 9.88. The quantitative estimate of drug-likeness (QED) is 0.557. The smallest absolute Gasteiger partial charge is 0.157 e. The third-order valence-electron chi connectivity index (χ3n) is 5.77. The molecule has 1 fully saturated rings. The van der Waals surface area contributed by atoms with Crippen molar-refractivity contribution in [3.05, 3.63) is 54.9 Å². The largest absolute Gasteiger partial charge is 0.388 e. The lowest BCUT2D eigenvalue weighted by Gasteiger charge is -2.32. The van der Waals surface area contributed by atoms with Crippen LogP contribution in [-0.2, 0) is 0 Å². The summed E-state index contributed by atoms with van der Waals surface area (Å²) in [5.41, 5.74) is 4.35. The molecule has 8 nitrogen and oxygen atoms in total. The number of pyridine rings is 2. The molecule has 5 rings (SSSR count). The Morgan fingerprint density at radius 3 is 2.76 bits per heavy atom. The van der Waals surface area contributed by atoms with Gasteiger partial charge in [-0.25, -0.2) is 19.6 Å². The summed E-state index contributed by atoms with van der Waals surface area (Å²) in [6.07, 6.45) is 10.4. The standard InChI is InChI=1S/C21H23N7O/c1-27-8-5-14(6-9-27)20(29)15-2-3-18(23-10-15)28-12-16(11-26-28)17-4-7-22-21-19(17)24-13-25-21/h2-4,7,10-14,20,29H,5-6,8-9H2,1H3,(H,22,24,25). The summed E-state index contributed by atoms with van der Waals surface area (Å²) in [5.74, 6) is 1.00. The van der Waals surface area contributed by atoms with Crippen LogP contribution in [0.4, 0.5) is 0 Å². The van der Waals surface area contributed by atoms with E-state index in [4.69, 9.17) is 0 Å². The van der Waals surface area contributed by atoms with Gasteiger partial charge >= 0.3 is 0 Å². The fourth-order valence-electron chi connectivity index (χ4n) is 3.99. The zero-order valence-corrected chi connectivity index (χ0v) is 16.2. The number of aromatic amines is 1. The molecule has 29 heavy (non-hydrogen) atoms. The lowest BCUT2D eigenvalue weighted by Crippen LogP contribution is -2.32. The number of likely N-dealkylation sites (tertiary alicyclic amines) is 1. The molecule has 0 aliphatic carbocycles. The highest BCUT2D eigenvalue weighted by Gasteiger charge is 2.25. The highest BCUT2D eigenvalue weighted by atomic mass is 16.3. The molecule has 4 aromatic rings. The first-order chi connectivity index (χ1) is 14.2. The van der Waals surface area contributed by atoms with Crippen molar-refractivity contribution in [1.82, 2.24) is 34.6 Å². The first-order valence-electron chi connectivity index (χ1n) is 9.85. The van der Waals surface area contributed by atoms with Crippen LogP contribution < -0.4 is 0 Å². The molecule has 5 heterocycles. The zero-order chi connectivity index (χ0) is 19.8. The van der Waals surface area contributed by atoms with E-state index in [1.807, 2.05) is 24.4 Å². The maximum Gasteiger partial charge on any atom is 0.157 e. The van der Waals surface area contributed by atoms with E-state index in [-0.39, 0.29) is 5.92 Å². The van der Waals surface area contributed by atoms with Crippen molar-refractivity contribution in [2.45, 2.75) is 18.9 Å². The second-order valence-corrected chi connectivity index (χ2v) is 7.67. The molecule has 148 valence electrons. The minimum Gasteiger partial charge on any atom is -0.388 e. The zero-order valence-electron chi connectivity index (χ0n) is 16.2. The number of nitrogens with one attached hydrogen (secondary N) is 1. The van der Waals surface area contributed by atoms with Gasteiger partial charge in [0.15, 0.2) is 11.5 Å². The summed E-state index contributed by atoms with van der Waals surface area (Å²) in [6, 6.07) is 5.78. The maximum atomic E-state index is 10.7. The maximum absolute atomic E-state index is 10.7. The highest BCUT2D eigenvalue weighted by Crippen LogP contribution is 2.30. The number of hydrogen-bond donors (Lipinski definition) is 2. The van der Waals surface area contributed by atoms with Crippen LogP contribution in [0.25, 0.3) is 28.1 Å². The molecule has 1 aliphatic rings. The molecule has 2 N–H and O–H groups in total. The van der Waals surface area contributed by atoms with Gasteiger partial charge in [0.2, 0.25) is 0 Å². The Morgan fingerprint density at radius 2 is 1.97 bits per heavy atom. The van der Waals surface area contributed by atoms with Crippen molar-refractivity contribution in [2.75, 3.05) is 20.1 Å². The minimum atomic E-state index is -0.469. The van der Waals surface area contributed by atoms with Crippen molar-refractivity contribution in [3.63, 3.8) is 0 Å². The van der Waals surface area contributed by atoms with E-state index < -0.39 is 6.10 Å². The number of H-pyrrole nitrogens is 1. The summed E-state index contributed by atoms with van der Waals surface area (Å²) in [5, 5.41) is 15.2. The summed E-state index contributed by atoms with van der Waals surface area (Å²) in [6.45, 7) is 2.06. The average molecular weight is 389 g/mol. The summed E-state index contributed by atoms with van der Waals surface area (Å²) in [7, 11) is 2.13. The van der Waals surface area contributed by atoms with Crippen LogP contribution in [0.15, 0.2) is 49.3 Å². The molecule has 0 amide bonds. The summed E-state index contributed by atoms with van der Waals surface area (Å²) < 4.78 is 1.74. The molecule has 1 saturated heterocycles. The van der Waals surface area contributed by atoms with Crippen LogP contribution in [-0.4, -0.2) is 59.9 Å². The van der Waals surface area contributed by atoms with Gasteiger partial charge in [-0.1, -0.05) is 6.07 Å². The monoisotopic (exact) mass is 389 g/mol. The number of nitrogens with zero attached hydrogens (tertiary/aromatic N) is 6. The van der Waals surface area contributed by atoms with E-state index in [9.17, 15) is 5.11 Å². The van der Waals surface area contributed by atoms with E-state index >= 15 is 0 Å². The van der Waals surface area contributed by atoms with E-state index in [0.29, 0.717) is 5.82 Å².